The monoisotopic (exact) mass is 243 g/mol. The fraction of sp³-hybridized carbons (Fsp3) is 0.300. The summed E-state index contributed by atoms with van der Waals surface area (Å²) in [7, 11) is 1.61. The zero-order valence-corrected chi connectivity index (χ0v) is 9.77. The molecular weight excluding hydrogens is 234 g/mol. The lowest BCUT2D eigenvalue weighted by Crippen LogP contribution is -2.22. The second-order valence-electron chi connectivity index (χ2n) is 3.13. The van der Waals surface area contributed by atoms with Gasteiger partial charge in [0.2, 0.25) is 0 Å². The van der Waals surface area contributed by atoms with Crippen LogP contribution in [0, 0.1) is 0 Å². The summed E-state index contributed by atoms with van der Waals surface area (Å²) < 4.78 is 0. The second-order valence-corrected chi connectivity index (χ2v) is 4.42. The summed E-state index contributed by atoms with van der Waals surface area (Å²) in [5.41, 5.74) is 1.57. The van der Waals surface area contributed by atoms with Crippen molar-refractivity contribution >= 4 is 39.9 Å². The summed E-state index contributed by atoms with van der Waals surface area (Å²) >= 11 is 7.67. The number of thiophene rings is 1. The van der Waals surface area contributed by atoms with Crippen LogP contribution < -0.4 is 5.06 Å². The highest BCUT2D eigenvalue weighted by atomic mass is 35.5. The third-order valence-corrected chi connectivity index (χ3v) is 3.81. The van der Waals surface area contributed by atoms with Crippen LogP contribution in [0.4, 0.5) is 5.69 Å². The van der Waals surface area contributed by atoms with Gasteiger partial charge in [-0.15, -0.1) is 11.3 Å². The van der Waals surface area contributed by atoms with E-state index >= 15 is 0 Å². The average molecular weight is 244 g/mol. The molecule has 2 rings (SSSR count). The van der Waals surface area contributed by atoms with Crippen molar-refractivity contribution in [1.82, 2.24) is 0 Å². The Bertz CT molecular complexity index is 413. The number of rotatable bonds is 2. The van der Waals surface area contributed by atoms with Gasteiger partial charge in [-0.1, -0.05) is 11.6 Å². The number of nitrogens with zero attached hydrogens (tertiary/aromatic N) is 1. The number of hydrogen-bond acceptors (Lipinski definition) is 4. The number of fused-ring (bicyclic) bond motifs is 1. The van der Waals surface area contributed by atoms with Gasteiger partial charge in [-0.25, -0.2) is 0 Å². The van der Waals surface area contributed by atoms with Gasteiger partial charge in [-0.3, -0.25) is 14.7 Å². The molecule has 1 aliphatic heterocycles. The van der Waals surface area contributed by atoms with E-state index in [4.69, 9.17) is 16.4 Å². The van der Waals surface area contributed by atoms with Crippen LogP contribution in [0.2, 0.25) is 0 Å². The van der Waals surface area contributed by atoms with E-state index < -0.39 is 0 Å². The van der Waals surface area contributed by atoms with E-state index in [2.05, 4.69) is 0 Å². The molecule has 1 aromatic heterocycles. The van der Waals surface area contributed by atoms with E-state index in [1.54, 1.807) is 12.2 Å². The molecule has 0 saturated carbocycles. The fourth-order valence-electron chi connectivity index (χ4n) is 1.56. The Morgan fingerprint density at radius 2 is 2.47 bits per heavy atom. The SMILES string of the molecule is CON1CCC(C=O)=C(Cl)c2sccc21. The van der Waals surface area contributed by atoms with Gasteiger partial charge >= 0.3 is 0 Å². The molecule has 0 aromatic carbocycles. The van der Waals surface area contributed by atoms with Gasteiger partial charge in [0.15, 0.2) is 0 Å². The first kappa shape index (κ1) is 10.7. The normalized spacial score (nSPS) is 16.3. The minimum atomic E-state index is 0.551. The molecule has 0 unspecified atom stereocenters. The van der Waals surface area contributed by atoms with Crippen molar-refractivity contribution in [3.05, 3.63) is 21.9 Å². The van der Waals surface area contributed by atoms with Gasteiger partial charge in [-0.2, -0.15) is 0 Å². The Hall–Kier alpha value is -0.840. The maximum absolute atomic E-state index is 10.9. The van der Waals surface area contributed by atoms with Crippen LogP contribution in [-0.4, -0.2) is 19.9 Å². The molecular formula is C10H10ClNO2S. The third kappa shape index (κ3) is 1.80. The first-order chi connectivity index (χ1) is 7.27. The van der Waals surface area contributed by atoms with Crippen LogP contribution in [0.25, 0.3) is 5.03 Å². The third-order valence-electron chi connectivity index (χ3n) is 2.34. The number of anilines is 1. The second kappa shape index (κ2) is 4.35. The highest BCUT2D eigenvalue weighted by Crippen LogP contribution is 2.39. The maximum Gasteiger partial charge on any atom is 0.147 e. The number of aldehydes is 1. The number of carbonyl (C=O) groups excluding carboxylic acids is 1. The summed E-state index contributed by atoms with van der Waals surface area (Å²) in [5, 5.41) is 4.24. The Morgan fingerprint density at radius 3 is 3.13 bits per heavy atom. The van der Waals surface area contributed by atoms with Crippen molar-refractivity contribution in [3.63, 3.8) is 0 Å². The molecule has 0 amide bonds. The van der Waals surface area contributed by atoms with E-state index in [1.165, 1.54) is 11.3 Å². The first-order valence-corrected chi connectivity index (χ1v) is 5.77. The summed E-state index contributed by atoms with van der Waals surface area (Å²) in [6, 6.07) is 1.94. The molecule has 0 aliphatic carbocycles. The molecule has 3 nitrogen and oxygen atoms in total. The number of hydroxylamine groups is 1. The number of hydrogen-bond donors (Lipinski definition) is 0. The Kier molecular flexibility index (Phi) is 3.09. The molecule has 5 heteroatoms. The fourth-order valence-corrected chi connectivity index (χ4v) is 2.79. The van der Waals surface area contributed by atoms with E-state index in [-0.39, 0.29) is 0 Å². The molecule has 1 aromatic rings. The van der Waals surface area contributed by atoms with Gasteiger partial charge in [-0.05, 0) is 17.9 Å². The van der Waals surface area contributed by atoms with Gasteiger partial charge in [0.1, 0.15) is 6.29 Å². The average Bonchev–Trinajstić information content (AvgIpc) is 2.68. The Morgan fingerprint density at radius 1 is 1.67 bits per heavy atom. The molecule has 1 aliphatic rings. The molecule has 0 N–H and O–H groups in total. The largest absolute Gasteiger partial charge is 0.298 e. The van der Waals surface area contributed by atoms with E-state index in [0.717, 1.165) is 16.9 Å². The Labute approximate surface area is 96.9 Å². The molecule has 15 heavy (non-hydrogen) atoms. The van der Waals surface area contributed by atoms with Gasteiger partial charge in [0.05, 0.1) is 22.7 Å². The standard InChI is InChI=1S/C10H10ClNO2S/c1-14-12-4-2-7(6-13)9(11)10-8(12)3-5-15-10/h3,5-6H,2,4H2,1H3. The van der Waals surface area contributed by atoms with E-state index in [9.17, 15) is 4.79 Å². The van der Waals surface area contributed by atoms with Crippen LogP contribution in [0.1, 0.15) is 11.3 Å². The lowest BCUT2D eigenvalue weighted by molar-refractivity contribution is -0.105. The minimum Gasteiger partial charge on any atom is -0.298 e. The summed E-state index contributed by atoms with van der Waals surface area (Å²) in [6.07, 6.45) is 1.43. The summed E-state index contributed by atoms with van der Waals surface area (Å²) in [4.78, 5) is 17.0. The molecule has 0 fully saturated rings. The van der Waals surface area contributed by atoms with Crippen molar-refractivity contribution in [2.45, 2.75) is 6.42 Å². The molecule has 0 radical (unpaired) electrons. The van der Waals surface area contributed by atoms with Gasteiger partial charge in [0, 0.05) is 12.1 Å². The van der Waals surface area contributed by atoms with Crippen molar-refractivity contribution in [2.24, 2.45) is 0 Å². The van der Waals surface area contributed by atoms with E-state index in [0.29, 0.717) is 23.6 Å². The highest BCUT2D eigenvalue weighted by Gasteiger charge is 2.21. The topological polar surface area (TPSA) is 29.5 Å². The summed E-state index contributed by atoms with van der Waals surface area (Å²) in [5.74, 6) is 0. The maximum atomic E-state index is 10.9. The predicted octanol–water partition coefficient (Wildman–Crippen LogP) is 2.67. The van der Waals surface area contributed by atoms with Crippen LogP contribution in [0.5, 0.6) is 0 Å². The highest BCUT2D eigenvalue weighted by molar-refractivity contribution is 7.12. The lowest BCUT2D eigenvalue weighted by Gasteiger charge is -2.19. The van der Waals surface area contributed by atoms with Crippen molar-refractivity contribution in [1.29, 1.82) is 0 Å². The first-order valence-electron chi connectivity index (χ1n) is 4.51. The lowest BCUT2D eigenvalue weighted by atomic mass is 10.2. The van der Waals surface area contributed by atoms with Crippen LogP contribution in [-0.2, 0) is 9.63 Å². The number of carbonyl (C=O) groups is 1. The molecule has 0 saturated heterocycles. The zero-order valence-electron chi connectivity index (χ0n) is 8.20. The quantitative estimate of drug-likeness (QED) is 0.748. The summed E-state index contributed by atoms with van der Waals surface area (Å²) in [6.45, 7) is 0.643. The van der Waals surface area contributed by atoms with Gasteiger partial charge in [0.25, 0.3) is 0 Å². The van der Waals surface area contributed by atoms with Crippen LogP contribution >= 0.6 is 22.9 Å². The molecule has 2 heterocycles. The van der Waals surface area contributed by atoms with Crippen molar-refractivity contribution < 1.29 is 9.63 Å². The van der Waals surface area contributed by atoms with Crippen LogP contribution in [0.3, 0.4) is 0 Å². The minimum absolute atomic E-state index is 0.551. The smallest absolute Gasteiger partial charge is 0.147 e. The van der Waals surface area contributed by atoms with Crippen molar-refractivity contribution in [3.8, 4) is 0 Å². The van der Waals surface area contributed by atoms with Crippen molar-refractivity contribution in [2.75, 3.05) is 18.7 Å². The van der Waals surface area contributed by atoms with Crippen LogP contribution in [0.15, 0.2) is 17.0 Å². The zero-order chi connectivity index (χ0) is 10.8. The van der Waals surface area contributed by atoms with Gasteiger partial charge < -0.3 is 0 Å². The molecule has 0 atom stereocenters. The van der Waals surface area contributed by atoms with E-state index in [1.807, 2.05) is 11.4 Å². The molecule has 0 bridgehead atoms. The predicted molar refractivity (Wildman–Crippen MR) is 62.1 cm³/mol. The molecule has 80 valence electrons. The molecule has 0 spiro atoms. The Balaban J connectivity index is 2.51. The number of halogens is 1.